The lowest BCUT2D eigenvalue weighted by Gasteiger charge is -2.13. The van der Waals surface area contributed by atoms with Gasteiger partial charge >= 0.3 is 0 Å². The third-order valence-corrected chi connectivity index (χ3v) is 3.76. The van der Waals surface area contributed by atoms with E-state index in [0.29, 0.717) is 5.92 Å². The third kappa shape index (κ3) is 4.61. The van der Waals surface area contributed by atoms with Crippen molar-refractivity contribution in [3.8, 4) is 0 Å². The van der Waals surface area contributed by atoms with Crippen LogP contribution in [-0.2, 0) is 13.1 Å². The summed E-state index contributed by atoms with van der Waals surface area (Å²) < 4.78 is 0. The maximum absolute atomic E-state index is 3.50. The first-order chi connectivity index (χ1) is 10.1. The van der Waals surface area contributed by atoms with Crippen molar-refractivity contribution in [2.75, 3.05) is 19.0 Å². The highest BCUT2D eigenvalue weighted by Crippen LogP contribution is 2.15. The minimum atomic E-state index is 0.599. The van der Waals surface area contributed by atoms with Crippen LogP contribution in [-0.4, -0.2) is 14.1 Å². The summed E-state index contributed by atoms with van der Waals surface area (Å²) in [6.45, 7) is 6.27. The maximum atomic E-state index is 3.50. The van der Waals surface area contributed by atoms with Gasteiger partial charge in [0, 0.05) is 32.9 Å². The molecular formula is C19H26N2. The zero-order valence-electron chi connectivity index (χ0n) is 13.6. The van der Waals surface area contributed by atoms with Crippen molar-refractivity contribution in [3.05, 3.63) is 65.2 Å². The van der Waals surface area contributed by atoms with Gasteiger partial charge in [0.15, 0.2) is 0 Å². The van der Waals surface area contributed by atoms with E-state index in [1.807, 2.05) is 0 Å². The van der Waals surface area contributed by atoms with E-state index < -0.39 is 0 Å². The molecule has 2 nitrogen and oxygen atoms in total. The number of anilines is 1. The fourth-order valence-corrected chi connectivity index (χ4v) is 2.28. The van der Waals surface area contributed by atoms with E-state index in [9.17, 15) is 0 Å². The molecule has 0 radical (unpaired) electrons. The van der Waals surface area contributed by atoms with Gasteiger partial charge in [0.25, 0.3) is 0 Å². The summed E-state index contributed by atoms with van der Waals surface area (Å²) >= 11 is 0. The van der Waals surface area contributed by atoms with Gasteiger partial charge in [-0.1, -0.05) is 50.2 Å². The van der Waals surface area contributed by atoms with Crippen LogP contribution >= 0.6 is 0 Å². The molecule has 0 spiro atoms. The van der Waals surface area contributed by atoms with E-state index in [-0.39, 0.29) is 0 Å². The summed E-state index contributed by atoms with van der Waals surface area (Å²) in [5.74, 6) is 0.599. The summed E-state index contributed by atoms with van der Waals surface area (Å²) in [6.07, 6.45) is 0. The second kappa shape index (κ2) is 7.28. The molecule has 2 heteroatoms. The third-order valence-electron chi connectivity index (χ3n) is 3.76. The molecule has 21 heavy (non-hydrogen) atoms. The number of hydrogen-bond donors (Lipinski definition) is 1. The number of benzene rings is 2. The molecule has 0 saturated heterocycles. The largest absolute Gasteiger partial charge is 0.378 e. The van der Waals surface area contributed by atoms with E-state index in [2.05, 4.69) is 86.7 Å². The molecule has 0 atom stereocenters. The highest BCUT2D eigenvalue weighted by Gasteiger charge is 2.00. The van der Waals surface area contributed by atoms with Crippen LogP contribution in [0.5, 0.6) is 0 Å². The molecule has 0 aromatic heterocycles. The highest BCUT2D eigenvalue weighted by molar-refractivity contribution is 5.45. The molecule has 2 aromatic carbocycles. The summed E-state index contributed by atoms with van der Waals surface area (Å²) in [7, 11) is 4.13. The Balaban J connectivity index is 1.83. The number of nitrogens with zero attached hydrogens (tertiary/aromatic N) is 1. The Kier molecular flexibility index (Phi) is 5.40. The van der Waals surface area contributed by atoms with Gasteiger partial charge in [-0.3, -0.25) is 0 Å². The second-order valence-electron chi connectivity index (χ2n) is 6.06. The van der Waals surface area contributed by atoms with Crippen molar-refractivity contribution < 1.29 is 0 Å². The molecule has 0 heterocycles. The Hall–Kier alpha value is -1.80. The predicted molar refractivity (Wildman–Crippen MR) is 91.8 cm³/mol. The molecule has 0 aliphatic heterocycles. The zero-order valence-corrected chi connectivity index (χ0v) is 13.6. The van der Waals surface area contributed by atoms with Crippen LogP contribution in [0.1, 0.15) is 36.5 Å². The minimum Gasteiger partial charge on any atom is -0.378 e. The van der Waals surface area contributed by atoms with Gasteiger partial charge in [-0.25, -0.2) is 0 Å². The van der Waals surface area contributed by atoms with Crippen molar-refractivity contribution in [3.63, 3.8) is 0 Å². The lowest BCUT2D eigenvalue weighted by atomic mass is 10.0. The summed E-state index contributed by atoms with van der Waals surface area (Å²) in [6, 6.07) is 17.6. The van der Waals surface area contributed by atoms with E-state index in [1.54, 1.807) is 0 Å². The van der Waals surface area contributed by atoms with Crippen LogP contribution in [0.2, 0.25) is 0 Å². The Morgan fingerprint density at radius 1 is 0.810 bits per heavy atom. The molecule has 2 aromatic rings. The smallest absolute Gasteiger partial charge is 0.0361 e. The Bertz CT molecular complexity index is 487. The first-order valence-corrected chi connectivity index (χ1v) is 7.62. The predicted octanol–water partition coefficient (Wildman–Crippen LogP) is 4.17. The van der Waals surface area contributed by atoms with Crippen molar-refractivity contribution in [1.82, 2.24) is 5.32 Å². The maximum Gasteiger partial charge on any atom is 0.0361 e. The zero-order chi connectivity index (χ0) is 15.2. The average molecular weight is 282 g/mol. The minimum absolute atomic E-state index is 0.599. The molecule has 0 aliphatic carbocycles. The first-order valence-electron chi connectivity index (χ1n) is 7.62. The summed E-state index contributed by atoms with van der Waals surface area (Å²) in [5.41, 5.74) is 5.30. The lowest BCUT2D eigenvalue weighted by Crippen LogP contribution is -2.13. The SMILES string of the molecule is CC(C)c1ccc(CNCc2ccc(N(C)C)cc2)cc1. The van der Waals surface area contributed by atoms with Gasteiger partial charge in [-0.15, -0.1) is 0 Å². The molecule has 0 fully saturated rings. The normalized spacial score (nSPS) is 10.9. The highest BCUT2D eigenvalue weighted by atomic mass is 15.1. The molecule has 0 bridgehead atoms. The number of hydrogen-bond acceptors (Lipinski definition) is 2. The second-order valence-corrected chi connectivity index (χ2v) is 6.06. The Morgan fingerprint density at radius 2 is 1.29 bits per heavy atom. The van der Waals surface area contributed by atoms with Gasteiger partial charge in [-0.05, 0) is 34.7 Å². The topological polar surface area (TPSA) is 15.3 Å². The van der Waals surface area contributed by atoms with Crippen LogP contribution in [0.3, 0.4) is 0 Å². The van der Waals surface area contributed by atoms with E-state index >= 15 is 0 Å². The van der Waals surface area contributed by atoms with Crippen LogP contribution in [0.4, 0.5) is 5.69 Å². The monoisotopic (exact) mass is 282 g/mol. The number of rotatable bonds is 6. The van der Waals surface area contributed by atoms with Crippen LogP contribution in [0, 0.1) is 0 Å². The fraction of sp³-hybridized carbons (Fsp3) is 0.368. The van der Waals surface area contributed by atoms with Crippen molar-refractivity contribution >= 4 is 5.69 Å². The molecule has 0 amide bonds. The van der Waals surface area contributed by atoms with E-state index in [1.165, 1.54) is 22.4 Å². The molecule has 112 valence electrons. The fourth-order valence-electron chi connectivity index (χ4n) is 2.28. The van der Waals surface area contributed by atoms with Gasteiger partial charge in [-0.2, -0.15) is 0 Å². The van der Waals surface area contributed by atoms with E-state index in [4.69, 9.17) is 0 Å². The molecule has 0 aliphatic rings. The van der Waals surface area contributed by atoms with Gasteiger partial charge in [0.05, 0.1) is 0 Å². The van der Waals surface area contributed by atoms with Gasteiger partial charge < -0.3 is 10.2 Å². The van der Waals surface area contributed by atoms with Crippen molar-refractivity contribution in [2.45, 2.75) is 32.9 Å². The molecule has 2 rings (SSSR count). The van der Waals surface area contributed by atoms with Crippen LogP contribution < -0.4 is 10.2 Å². The standard InChI is InChI=1S/C19H26N2/c1-15(2)18-9-5-16(6-10-18)13-20-14-17-7-11-19(12-8-17)21(3)4/h5-12,15,20H,13-14H2,1-4H3. The van der Waals surface area contributed by atoms with E-state index in [0.717, 1.165) is 13.1 Å². The van der Waals surface area contributed by atoms with Gasteiger partial charge in [0.2, 0.25) is 0 Å². The molecule has 0 saturated carbocycles. The van der Waals surface area contributed by atoms with Crippen molar-refractivity contribution in [2.24, 2.45) is 0 Å². The Labute approximate surface area is 128 Å². The molecule has 1 N–H and O–H groups in total. The van der Waals surface area contributed by atoms with Crippen molar-refractivity contribution in [1.29, 1.82) is 0 Å². The van der Waals surface area contributed by atoms with Crippen LogP contribution in [0.25, 0.3) is 0 Å². The molecule has 0 unspecified atom stereocenters. The summed E-state index contributed by atoms with van der Waals surface area (Å²) in [5, 5.41) is 3.50. The lowest BCUT2D eigenvalue weighted by molar-refractivity contribution is 0.693. The average Bonchev–Trinajstić information content (AvgIpc) is 2.48. The first kappa shape index (κ1) is 15.6. The molecular weight excluding hydrogens is 256 g/mol. The van der Waals surface area contributed by atoms with Gasteiger partial charge in [0.1, 0.15) is 0 Å². The summed E-state index contributed by atoms with van der Waals surface area (Å²) in [4.78, 5) is 2.12. The Morgan fingerprint density at radius 3 is 1.71 bits per heavy atom. The quantitative estimate of drug-likeness (QED) is 0.855. The van der Waals surface area contributed by atoms with Crippen LogP contribution in [0.15, 0.2) is 48.5 Å². The number of nitrogens with one attached hydrogen (secondary N) is 1.